The summed E-state index contributed by atoms with van der Waals surface area (Å²) < 4.78 is 17.7. The van der Waals surface area contributed by atoms with Gasteiger partial charge in [0.1, 0.15) is 12.4 Å². The van der Waals surface area contributed by atoms with Crippen molar-refractivity contribution in [3.63, 3.8) is 0 Å². The molecule has 0 aliphatic heterocycles. The molecule has 0 saturated heterocycles. The van der Waals surface area contributed by atoms with Crippen LogP contribution in [0, 0.1) is 0 Å². The van der Waals surface area contributed by atoms with Gasteiger partial charge in [0.05, 0.1) is 26.6 Å². The first-order valence-electron chi connectivity index (χ1n) is 6.35. The molecule has 0 aliphatic rings. The molecule has 3 nitrogen and oxygen atoms in total. The van der Waals surface area contributed by atoms with Crippen molar-refractivity contribution >= 4 is 34.0 Å². The van der Waals surface area contributed by atoms with Gasteiger partial charge < -0.3 is 10.5 Å². The average Bonchev–Trinajstić information content (AvgIpc) is 2.50. The zero-order valence-electron chi connectivity index (χ0n) is 11.2. The molecule has 2 N–H and O–H groups in total. The maximum Gasteiger partial charge on any atom is 0.119 e. The fraction of sp³-hybridized carbons (Fsp3) is 0.200. The minimum Gasteiger partial charge on any atom is -0.493 e. The van der Waals surface area contributed by atoms with Gasteiger partial charge in [-0.1, -0.05) is 35.3 Å². The first-order valence-corrected chi connectivity index (χ1v) is 8.43. The lowest BCUT2D eigenvalue weighted by Gasteiger charge is -2.07. The van der Waals surface area contributed by atoms with E-state index in [-0.39, 0.29) is 0 Å². The third-order valence-electron chi connectivity index (χ3n) is 2.85. The highest BCUT2D eigenvalue weighted by atomic mass is 35.5. The van der Waals surface area contributed by atoms with Gasteiger partial charge >= 0.3 is 0 Å². The van der Waals surface area contributed by atoms with Crippen molar-refractivity contribution in [3.8, 4) is 5.75 Å². The van der Waals surface area contributed by atoms with Crippen LogP contribution >= 0.6 is 23.2 Å². The number of ether oxygens (including phenoxy) is 1. The molecule has 2 aromatic rings. The third-order valence-corrected chi connectivity index (χ3v) is 4.91. The van der Waals surface area contributed by atoms with Crippen LogP contribution in [0.15, 0.2) is 47.4 Å². The summed E-state index contributed by atoms with van der Waals surface area (Å²) in [5.41, 5.74) is 6.57. The molecule has 6 heteroatoms. The van der Waals surface area contributed by atoms with Gasteiger partial charge in [-0.05, 0) is 35.9 Å². The van der Waals surface area contributed by atoms with E-state index in [1.807, 2.05) is 24.3 Å². The van der Waals surface area contributed by atoms with Gasteiger partial charge in [0.25, 0.3) is 0 Å². The Hall–Kier alpha value is -1.07. The van der Waals surface area contributed by atoms with Crippen LogP contribution in [0.3, 0.4) is 0 Å². The first-order chi connectivity index (χ1) is 10.1. The second-order valence-electron chi connectivity index (χ2n) is 4.32. The van der Waals surface area contributed by atoms with E-state index in [9.17, 15) is 4.21 Å². The van der Waals surface area contributed by atoms with Crippen LogP contribution in [0.25, 0.3) is 0 Å². The third kappa shape index (κ3) is 4.71. The summed E-state index contributed by atoms with van der Waals surface area (Å²) in [4.78, 5) is 0.645. The molecule has 0 aromatic heterocycles. The lowest BCUT2D eigenvalue weighted by atomic mass is 10.2. The monoisotopic (exact) mass is 343 g/mol. The molecule has 0 saturated carbocycles. The maximum absolute atomic E-state index is 12.1. The summed E-state index contributed by atoms with van der Waals surface area (Å²) >= 11 is 11.7. The molecule has 0 bridgehead atoms. The van der Waals surface area contributed by atoms with Crippen molar-refractivity contribution in [2.45, 2.75) is 11.4 Å². The second kappa shape index (κ2) is 7.80. The molecule has 0 spiro atoms. The fourth-order valence-electron chi connectivity index (χ4n) is 1.69. The van der Waals surface area contributed by atoms with Crippen LogP contribution in [-0.4, -0.2) is 16.6 Å². The molecule has 0 radical (unpaired) electrons. The molecular weight excluding hydrogens is 329 g/mol. The smallest absolute Gasteiger partial charge is 0.119 e. The van der Waals surface area contributed by atoms with Crippen molar-refractivity contribution in [1.29, 1.82) is 0 Å². The van der Waals surface area contributed by atoms with Gasteiger partial charge in [0, 0.05) is 11.4 Å². The lowest BCUT2D eigenvalue weighted by Crippen LogP contribution is -2.08. The van der Waals surface area contributed by atoms with Crippen LogP contribution in [0.1, 0.15) is 5.56 Å². The minimum absolute atomic E-state index is 0.356. The van der Waals surface area contributed by atoms with Crippen LogP contribution in [-0.2, 0) is 17.3 Å². The Balaban J connectivity index is 1.87. The van der Waals surface area contributed by atoms with Crippen molar-refractivity contribution in [2.75, 3.05) is 12.4 Å². The Morgan fingerprint density at radius 1 is 1.05 bits per heavy atom. The highest BCUT2D eigenvalue weighted by Crippen LogP contribution is 2.24. The summed E-state index contributed by atoms with van der Waals surface area (Å²) in [6, 6.07) is 12.5. The van der Waals surface area contributed by atoms with Crippen LogP contribution < -0.4 is 10.5 Å². The van der Waals surface area contributed by atoms with E-state index < -0.39 is 10.8 Å². The van der Waals surface area contributed by atoms with Gasteiger partial charge in [-0.2, -0.15) is 0 Å². The molecule has 0 heterocycles. The molecule has 2 rings (SSSR count). The van der Waals surface area contributed by atoms with E-state index in [0.717, 1.165) is 11.3 Å². The van der Waals surface area contributed by atoms with Gasteiger partial charge in [0.15, 0.2) is 0 Å². The van der Waals surface area contributed by atoms with E-state index in [4.69, 9.17) is 33.7 Å². The molecule has 2 aromatic carbocycles. The highest BCUT2D eigenvalue weighted by Gasteiger charge is 2.07. The minimum atomic E-state index is -1.17. The second-order valence-corrected chi connectivity index (χ2v) is 6.71. The number of halogens is 2. The maximum atomic E-state index is 12.1. The quantitative estimate of drug-likeness (QED) is 0.870. The Bertz CT molecular complexity index is 632. The molecule has 0 amide bonds. The van der Waals surface area contributed by atoms with E-state index in [1.165, 1.54) is 0 Å². The molecule has 0 fully saturated rings. The van der Waals surface area contributed by atoms with Crippen molar-refractivity contribution in [2.24, 2.45) is 5.73 Å². The number of rotatable bonds is 6. The van der Waals surface area contributed by atoms with Crippen LogP contribution in [0.5, 0.6) is 5.75 Å². The largest absolute Gasteiger partial charge is 0.493 e. The number of benzene rings is 2. The molecular formula is C15H15Cl2NO2S. The Labute approximate surface area is 136 Å². The lowest BCUT2D eigenvalue weighted by molar-refractivity contribution is 0.342. The van der Waals surface area contributed by atoms with E-state index >= 15 is 0 Å². The summed E-state index contributed by atoms with van der Waals surface area (Å²) in [6.07, 6.45) is 0. The molecule has 1 unspecified atom stereocenters. The number of nitrogens with two attached hydrogens (primary N) is 1. The van der Waals surface area contributed by atoms with Crippen LogP contribution in [0.2, 0.25) is 10.0 Å². The van der Waals surface area contributed by atoms with Crippen LogP contribution in [0.4, 0.5) is 0 Å². The molecule has 1 atom stereocenters. The average molecular weight is 344 g/mol. The Morgan fingerprint density at radius 3 is 2.38 bits per heavy atom. The first kappa shape index (κ1) is 16.3. The predicted molar refractivity (Wildman–Crippen MR) is 87.6 cm³/mol. The fourth-order valence-corrected chi connectivity index (χ4v) is 3.00. The molecule has 112 valence electrons. The normalized spacial score (nSPS) is 12.1. The molecule has 21 heavy (non-hydrogen) atoms. The van der Waals surface area contributed by atoms with Gasteiger partial charge in [-0.3, -0.25) is 4.21 Å². The van der Waals surface area contributed by atoms with E-state index in [2.05, 4.69) is 0 Å². The van der Waals surface area contributed by atoms with Gasteiger partial charge in [-0.25, -0.2) is 0 Å². The zero-order valence-corrected chi connectivity index (χ0v) is 13.5. The SMILES string of the molecule is NCc1ccc(OCCS(=O)c2ccc(Cl)c(Cl)c2)cc1. The zero-order chi connectivity index (χ0) is 15.2. The Kier molecular flexibility index (Phi) is 6.06. The summed E-state index contributed by atoms with van der Waals surface area (Å²) in [5, 5.41) is 0.856. The predicted octanol–water partition coefficient (Wildman–Crippen LogP) is 3.64. The van der Waals surface area contributed by atoms with Crippen molar-refractivity contribution < 1.29 is 8.95 Å². The van der Waals surface area contributed by atoms with Crippen molar-refractivity contribution in [1.82, 2.24) is 0 Å². The molecule has 0 aliphatic carbocycles. The van der Waals surface area contributed by atoms with E-state index in [0.29, 0.717) is 33.8 Å². The van der Waals surface area contributed by atoms with Gasteiger partial charge in [-0.15, -0.1) is 0 Å². The highest BCUT2D eigenvalue weighted by molar-refractivity contribution is 7.85. The van der Waals surface area contributed by atoms with E-state index in [1.54, 1.807) is 18.2 Å². The summed E-state index contributed by atoms with van der Waals surface area (Å²) in [6.45, 7) is 0.858. The van der Waals surface area contributed by atoms with Crippen molar-refractivity contribution in [3.05, 3.63) is 58.1 Å². The Morgan fingerprint density at radius 2 is 1.76 bits per heavy atom. The van der Waals surface area contributed by atoms with Gasteiger partial charge in [0.2, 0.25) is 0 Å². The standard InChI is InChI=1S/C15H15Cl2NO2S/c16-14-6-5-13(9-15(14)17)21(19)8-7-20-12-3-1-11(10-18)2-4-12/h1-6,9H,7-8,10,18H2. The summed E-state index contributed by atoms with van der Waals surface area (Å²) in [7, 11) is -1.17. The topological polar surface area (TPSA) is 52.3 Å². The number of hydrogen-bond donors (Lipinski definition) is 1. The summed E-state index contributed by atoms with van der Waals surface area (Å²) in [5.74, 6) is 1.12. The number of hydrogen-bond acceptors (Lipinski definition) is 3.